The second kappa shape index (κ2) is 10.3. The molecule has 0 aromatic carbocycles. The van der Waals surface area contributed by atoms with Gasteiger partial charge < -0.3 is 19.9 Å². The second-order valence-electron chi connectivity index (χ2n) is 8.24. The van der Waals surface area contributed by atoms with Gasteiger partial charge in [-0.3, -0.25) is 9.69 Å². The Bertz CT molecular complexity index is 480. The minimum absolute atomic E-state index is 0.0351. The number of rotatable bonds is 5. The maximum atomic E-state index is 12.5. The number of hydrogen-bond donors (Lipinski definition) is 1. The third-order valence-corrected chi connectivity index (χ3v) is 6.47. The third-order valence-electron chi connectivity index (χ3n) is 6.47. The minimum atomic E-state index is 0.0351. The van der Waals surface area contributed by atoms with Crippen LogP contribution in [0.25, 0.3) is 0 Å². The van der Waals surface area contributed by atoms with Gasteiger partial charge in [0.25, 0.3) is 0 Å². The Morgan fingerprint density at radius 2 is 1.48 bits per heavy atom. The fourth-order valence-electron chi connectivity index (χ4n) is 4.40. The van der Waals surface area contributed by atoms with Crippen molar-refractivity contribution in [2.75, 3.05) is 65.6 Å². The maximum absolute atomic E-state index is 12.5. The third kappa shape index (κ3) is 6.07. The van der Waals surface area contributed by atoms with E-state index in [1.807, 2.05) is 9.80 Å². The van der Waals surface area contributed by atoms with E-state index in [4.69, 9.17) is 4.74 Å². The van der Waals surface area contributed by atoms with Crippen LogP contribution in [0.5, 0.6) is 0 Å². The van der Waals surface area contributed by atoms with Gasteiger partial charge in [-0.1, -0.05) is 26.2 Å². The van der Waals surface area contributed by atoms with Gasteiger partial charge >= 0.3 is 6.03 Å². The fraction of sp³-hybridized carbons (Fsp3) is 0.900. The van der Waals surface area contributed by atoms with Gasteiger partial charge in [0.2, 0.25) is 5.91 Å². The molecule has 2 aliphatic heterocycles. The molecule has 2 saturated heterocycles. The van der Waals surface area contributed by atoms with Crippen molar-refractivity contribution in [3.8, 4) is 0 Å². The molecular formula is C20H36N4O3. The molecule has 0 bridgehead atoms. The van der Waals surface area contributed by atoms with Crippen LogP contribution in [0, 0.1) is 11.8 Å². The average molecular weight is 381 g/mol. The van der Waals surface area contributed by atoms with Crippen molar-refractivity contribution < 1.29 is 14.3 Å². The Morgan fingerprint density at radius 3 is 2.11 bits per heavy atom. The lowest BCUT2D eigenvalue weighted by Gasteiger charge is -2.36. The first-order chi connectivity index (χ1) is 13.2. The first kappa shape index (κ1) is 20.4. The number of nitrogens with zero attached hydrogens (tertiary/aromatic N) is 3. The van der Waals surface area contributed by atoms with Crippen LogP contribution in [-0.2, 0) is 9.53 Å². The van der Waals surface area contributed by atoms with E-state index in [-0.39, 0.29) is 11.9 Å². The molecule has 0 atom stereocenters. The van der Waals surface area contributed by atoms with Crippen LogP contribution in [0.15, 0.2) is 0 Å². The molecule has 7 nitrogen and oxygen atoms in total. The van der Waals surface area contributed by atoms with Crippen LogP contribution in [-0.4, -0.2) is 92.2 Å². The van der Waals surface area contributed by atoms with E-state index in [1.54, 1.807) is 0 Å². The molecule has 3 fully saturated rings. The summed E-state index contributed by atoms with van der Waals surface area (Å²) in [4.78, 5) is 30.8. The number of ether oxygens (including phenoxy) is 1. The lowest BCUT2D eigenvalue weighted by molar-refractivity contribution is -0.134. The Morgan fingerprint density at radius 1 is 0.889 bits per heavy atom. The molecule has 7 heteroatoms. The number of piperazine rings is 1. The summed E-state index contributed by atoms with van der Waals surface area (Å²) in [6.07, 6.45) is 6.38. The van der Waals surface area contributed by atoms with E-state index >= 15 is 0 Å². The molecule has 3 aliphatic rings. The van der Waals surface area contributed by atoms with Crippen molar-refractivity contribution in [1.82, 2.24) is 20.0 Å². The van der Waals surface area contributed by atoms with Crippen molar-refractivity contribution in [2.45, 2.75) is 39.0 Å². The predicted molar refractivity (Wildman–Crippen MR) is 105 cm³/mol. The lowest BCUT2D eigenvalue weighted by atomic mass is 9.81. The van der Waals surface area contributed by atoms with Gasteiger partial charge in [-0.2, -0.15) is 0 Å². The van der Waals surface area contributed by atoms with E-state index in [2.05, 4.69) is 17.1 Å². The highest BCUT2D eigenvalue weighted by Gasteiger charge is 2.26. The van der Waals surface area contributed by atoms with E-state index in [0.717, 1.165) is 25.6 Å². The highest BCUT2D eigenvalue weighted by Crippen LogP contribution is 2.30. The summed E-state index contributed by atoms with van der Waals surface area (Å²) in [6, 6.07) is 0.0351. The number of amides is 3. The first-order valence-electron chi connectivity index (χ1n) is 10.8. The Balaban J connectivity index is 1.32. The van der Waals surface area contributed by atoms with E-state index in [1.165, 1.54) is 32.1 Å². The summed E-state index contributed by atoms with van der Waals surface area (Å²) in [5.41, 5.74) is 0. The Labute approximate surface area is 163 Å². The molecule has 0 unspecified atom stereocenters. The predicted octanol–water partition coefficient (Wildman–Crippen LogP) is 1.39. The molecule has 154 valence electrons. The Kier molecular flexibility index (Phi) is 7.76. The molecule has 0 spiro atoms. The molecule has 1 aliphatic carbocycles. The number of carbonyl (C=O) groups excluding carboxylic acids is 2. The molecule has 2 heterocycles. The molecule has 0 aromatic heterocycles. The van der Waals surface area contributed by atoms with Crippen molar-refractivity contribution in [3.05, 3.63) is 0 Å². The standard InChI is InChI=1S/C20H36N4O3/c1-2-17-3-5-18(6-4-17)15-21-20(26)24-9-7-23(8-10-24)19(25)16-22-11-13-27-14-12-22/h17-18H,2-16H2,1H3,(H,21,26). The smallest absolute Gasteiger partial charge is 0.317 e. The zero-order chi connectivity index (χ0) is 19.1. The molecule has 0 aromatic rings. The van der Waals surface area contributed by atoms with Gasteiger partial charge in [-0.15, -0.1) is 0 Å². The highest BCUT2D eigenvalue weighted by molar-refractivity contribution is 5.79. The summed E-state index contributed by atoms with van der Waals surface area (Å²) in [6.45, 7) is 9.15. The number of carbonyl (C=O) groups is 2. The normalized spacial score (nSPS) is 27.4. The summed E-state index contributed by atoms with van der Waals surface area (Å²) >= 11 is 0. The van der Waals surface area contributed by atoms with Crippen LogP contribution in [0.3, 0.4) is 0 Å². The fourth-order valence-corrected chi connectivity index (χ4v) is 4.40. The van der Waals surface area contributed by atoms with E-state index < -0.39 is 0 Å². The van der Waals surface area contributed by atoms with Crippen LogP contribution < -0.4 is 5.32 Å². The zero-order valence-corrected chi connectivity index (χ0v) is 16.8. The molecule has 27 heavy (non-hydrogen) atoms. The highest BCUT2D eigenvalue weighted by atomic mass is 16.5. The van der Waals surface area contributed by atoms with E-state index in [9.17, 15) is 9.59 Å². The number of nitrogens with one attached hydrogen (secondary N) is 1. The minimum Gasteiger partial charge on any atom is -0.379 e. The lowest BCUT2D eigenvalue weighted by Crippen LogP contribution is -2.55. The number of urea groups is 1. The molecule has 1 saturated carbocycles. The quantitative estimate of drug-likeness (QED) is 0.783. The second-order valence-corrected chi connectivity index (χ2v) is 8.24. The van der Waals surface area contributed by atoms with Crippen LogP contribution in [0.1, 0.15) is 39.0 Å². The van der Waals surface area contributed by atoms with Crippen molar-refractivity contribution in [2.24, 2.45) is 11.8 Å². The van der Waals surface area contributed by atoms with E-state index in [0.29, 0.717) is 51.9 Å². The largest absolute Gasteiger partial charge is 0.379 e. The maximum Gasteiger partial charge on any atom is 0.317 e. The van der Waals surface area contributed by atoms with Crippen LogP contribution in [0.2, 0.25) is 0 Å². The summed E-state index contributed by atoms with van der Waals surface area (Å²) in [5.74, 6) is 1.69. The molecule has 0 radical (unpaired) electrons. The summed E-state index contributed by atoms with van der Waals surface area (Å²) < 4.78 is 5.33. The van der Waals surface area contributed by atoms with Gasteiger partial charge in [0.15, 0.2) is 0 Å². The molecule has 3 rings (SSSR count). The zero-order valence-electron chi connectivity index (χ0n) is 16.8. The Hall–Kier alpha value is -1.34. The first-order valence-corrected chi connectivity index (χ1v) is 10.8. The monoisotopic (exact) mass is 380 g/mol. The number of morpholine rings is 1. The SMILES string of the molecule is CCC1CCC(CNC(=O)N2CCN(C(=O)CN3CCOCC3)CC2)CC1. The van der Waals surface area contributed by atoms with Crippen molar-refractivity contribution in [1.29, 1.82) is 0 Å². The van der Waals surface area contributed by atoms with Gasteiger partial charge in [-0.05, 0) is 24.7 Å². The van der Waals surface area contributed by atoms with Gasteiger partial charge in [0, 0.05) is 45.8 Å². The topological polar surface area (TPSA) is 65.1 Å². The van der Waals surface area contributed by atoms with Gasteiger partial charge in [0.1, 0.15) is 0 Å². The molecule has 3 amide bonds. The van der Waals surface area contributed by atoms with Crippen LogP contribution >= 0.6 is 0 Å². The van der Waals surface area contributed by atoms with Crippen LogP contribution in [0.4, 0.5) is 4.79 Å². The van der Waals surface area contributed by atoms with Gasteiger partial charge in [0.05, 0.1) is 19.8 Å². The van der Waals surface area contributed by atoms with Crippen molar-refractivity contribution >= 4 is 11.9 Å². The summed E-state index contributed by atoms with van der Waals surface area (Å²) in [5, 5.41) is 3.13. The van der Waals surface area contributed by atoms with Crippen molar-refractivity contribution in [3.63, 3.8) is 0 Å². The molecule has 1 N–H and O–H groups in total. The van der Waals surface area contributed by atoms with Gasteiger partial charge in [-0.25, -0.2) is 4.79 Å². The average Bonchev–Trinajstić information content (AvgIpc) is 2.73. The number of hydrogen-bond acceptors (Lipinski definition) is 4. The molecular weight excluding hydrogens is 344 g/mol. The summed E-state index contributed by atoms with van der Waals surface area (Å²) in [7, 11) is 0.